The van der Waals surface area contributed by atoms with E-state index in [0.717, 1.165) is 12.8 Å². The summed E-state index contributed by atoms with van der Waals surface area (Å²) in [5.41, 5.74) is 0. The lowest BCUT2D eigenvalue weighted by molar-refractivity contribution is -0.139. The summed E-state index contributed by atoms with van der Waals surface area (Å²) in [6, 6.07) is -1.29. The smallest absolute Gasteiger partial charge is 0.405 e. The number of hydrogen-bond acceptors (Lipinski definition) is 4. The average Bonchev–Trinajstić information content (AvgIpc) is 2.34. The van der Waals surface area contributed by atoms with E-state index in [-0.39, 0.29) is 18.9 Å². The Balaban J connectivity index is 4.15. The number of rotatable bonds is 10. The van der Waals surface area contributed by atoms with E-state index in [1.807, 2.05) is 12.2 Å². The lowest BCUT2D eigenvalue weighted by Gasteiger charge is -2.13. The van der Waals surface area contributed by atoms with Crippen LogP contribution in [0.5, 0.6) is 0 Å². The second-order valence-electron chi connectivity index (χ2n) is 4.27. The molecule has 0 saturated heterocycles. The summed E-state index contributed by atoms with van der Waals surface area (Å²) in [6.07, 6.45) is -0.185. The van der Waals surface area contributed by atoms with E-state index in [1.165, 1.54) is 0 Å². The number of nitrogens with one attached hydrogen (secondary N) is 2. The van der Waals surface area contributed by atoms with Crippen LogP contribution >= 0.6 is 0 Å². The Morgan fingerprint density at radius 1 is 1.10 bits per heavy atom. The first kappa shape index (κ1) is 17.9. The first-order chi connectivity index (χ1) is 9.36. The van der Waals surface area contributed by atoms with Crippen molar-refractivity contribution in [2.45, 2.75) is 45.1 Å². The molecule has 4 N–H and O–H groups in total. The van der Waals surface area contributed by atoms with Gasteiger partial charge in [-0.3, -0.25) is 14.4 Å². The van der Waals surface area contributed by atoms with Gasteiger partial charge in [-0.25, -0.2) is 4.79 Å². The minimum Gasteiger partial charge on any atom is -0.481 e. The lowest BCUT2D eigenvalue weighted by atomic mass is 10.1. The molecule has 0 heterocycles. The van der Waals surface area contributed by atoms with Crippen LogP contribution in [0.15, 0.2) is 0 Å². The number of ketones is 1. The van der Waals surface area contributed by atoms with Gasteiger partial charge in [0.15, 0.2) is 5.78 Å². The highest BCUT2D eigenvalue weighted by Crippen LogP contribution is 1.99. The topological polar surface area (TPSA) is 133 Å². The van der Waals surface area contributed by atoms with Gasteiger partial charge in [0, 0.05) is 19.4 Å². The maximum atomic E-state index is 11.7. The van der Waals surface area contributed by atoms with Crippen molar-refractivity contribution in [1.82, 2.24) is 10.6 Å². The second kappa shape index (κ2) is 9.76. The molecule has 0 fully saturated rings. The molecule has 0 radical (unpaired) electrons. The molecule has 0 aromatic rings. The quantitative estimate of drug-likeness (QED) is 0.459. The summed E-state index contributed by atoms with van der Waals surface area (Å²) in [7, 11) is 0. The van der Waals surface area contributed by atoms with Crippen LogP contribution in [0.1, 0.15) is 39.0 Å². The van der Waals surface area contributed by atoms with Crippen LogP contribution in [0.3, 0.4) is 0 Å². The Kier molecular flexibility index (Phi) is 8.73. The molecule has 0 saturated carbocycles. The van der Waals surface area contributed by atoms with Gasteiger partial charge in [-0.05, 0) is 6.42 Å². The molecule has 0 bridgehead atoms. The molecule has 0 rings (SSSR count). The van der Waals surface area contributed by atoms with Crippen LogP contribution in [0, 0.1) is 0 Å². The molecule has 0 aromatic heterocycles. The molecule has 8 heteroatoms. The number of carboxylic acid groups (broad SMARTS) is 2. The van der Waals surface area contributed by atoms with E-state index in [4.69, 9.17) is 10.2 Å². The summed E-state index contributed by atoms with van der Waals surface area (Å²) >= 11 is 0. The normalized spacial score (nSPS) is 11.4. The number of amides is 2. The number of aliphatic carboxylic acids is 1. The Hall–Kier alpha value is -2.12. The van der Waals surface area contributed by atoms with E-state index in [9.17, 15) is 19.2 Å². The molecular weight excluding hydrogens is 268 g/mol. The minimum absolute atomic E-state index is 0.0683. The van der Waals surface area contributed by atoms with Gasteiger partial charge in [0.1, 0.15) is 6.04 Å². The fraction of sp³-hybridized carbons (Fsp3) is 0.667. The lowest BCUT2D eigenvalue weighted by Crippen LogP contribution is -2.42. The fourth-order valence-corrected chi connectivity index (χ4v) is 1.49. The molecule has 0 aliphatic heterocycles. The highest BCUT2D eigenvalue weighted by Gasteiger charge is 2.23. The predicted molar refractivity (Wildman–Crippen MR) is 69.4 cm³/mol. The first-order valence-corrected chi connectivity index (χ1v) is 6.37. The third-order valence-electron chi connectivity index (χ3n) is 2.52. The van der Waals surface area contributed by atoms with Crippen LogP contribution in [0.25, 0.3) is 0 Å². The van der Waals surface area contributed by atoms with Crippen molar-refractivity contribution in [3.63, 3.8) is 0 Å². The standard InChI is InChI=1S/C12H20N2O6/c1-2-3-4-10(16)13-6-5-9(15)8(7-11(17)18)14-12(19)20/h8,14H,2-7H2,1H3,(H,13,16)(H,17,18)(H,19,20). The highest BCUT2D eigenvalue weighted by atomic mass is 16.4. The largest absolute Gasteiger partial charge is 0.481 e. The van der Waals surface area contributed by atoms with Crippen molar-refractivity contribution >= 4 is 23.8 Å². The Bertz CT molecular complexity index is 353. The van der Waals surface area contributed by atoms with Gasteiger partial charge in [-0.1, -0.05) is 13.3 Å². The van der Waals surface area contributed by atoms with Crippen LogP contribution in [-0.4, -0.2) is 46.6 Å². The second-order valence-corrected chi connectivity index (χ2v) is 4.27. The third-order valence-corrected chi connectivity index (χ3v) is 2.52. The average molecular weight is 288 g/mol. The van der Waals surface area contributed by atoms with Gasteiger partial charge in [0.2, 0.25) is 5.91 Å². The van der Waals surface area contributed by atoms with E-state index >= 15 is 0 Å². The SMILES string of the molecule is CCCCC(=O)NCCC(=O)C(CC(=O)O)NC(=O)O. The van der Waals surface area contributed by atoms with E-state index in [2.05, 4.69) is 5.32 Å². The minimum atomic E-state index is -1.46. The zero-order valence-corrected chi connectivity index (χ0v) is 11.3. The maximum Gasteiger partial charge on any atom is 0.405 e. The van der Waals surface area contributed by atoms with Crippen molar-refractivity contribution < 1.29 is 29.4 Å². The van der Waals surface area contributed by atoms with E-state index < -0.39 is 30.3 Å². The molecule has 0 aliphatic carbocycles. The van der Waals surface area contributed by atoms with Gasteiger partial charge in [-0.15, -0.1) is 0 Å². The Morgan fingerprint density at radius 2 is 1.75 bits per heavy atom. The van der Waals surface area contributed by atoms with Crippen LogP contribution in [0.2, 0.25) is 0 Å². The Labute approximate surface area is 116 Å². The van der Waals surface area contributed by atoms with Crippen molar-refractivity contribution in [3.05, 3.63) is 0 Å². The number of unbranched alkanes of at least 4 members (excludes halogenated alkanes) is 1. The number of carbonyl (C=O) groups is 4. The fourth-order valence-electron chi connectivity index (χ4n) is 1.49. The van der Waals surface area contributed by atoms with E-state index in [0.29, 0.717) is 6.42 Å². The maximum absolute atomic E-state index is 11.7. The summed E-state index contributed by atoms with van der Waals surface area (Å²) in [5, 5.41) is 21.5. The molecule has 1 unspecified atom stereocenters. The summed E-state index contributed by atoms with van der Waals surface area (Å²) in [4.78, 5) is 44.0. The van der Waals surface area contributed by atoms with Crippen LogP contribution in [-0.2, 0) is 14.4 Å². The molecule has 1 atom stereocenters. The highest BCUT2D eigenvalue weighted by molar-refractivity contribution is 5.90. The summed E-state index contributed by atoms with van der Waals surface area (Å²) < 4.78 is 0. The van der Waals surface area contributed by atoms with Gasteiger partial charge in [0.25, 0.3) is 0 Å². The first-order valence-electron chi connectivity index (χ1n) is 6.37. The molecule has 114 valence electrons. The molecule has 0 aromatic carbocycles. The summed E-state index contributed by atoms with van der Waals surface area (Å²) in [5.74, 6) is -2.02. The zero-order valence-electron chi connectivity index (χ0n) is 11.3. The summed E-state index contributed by atoms with van der Waals surface area (Å²) in [6.45, 7) is 2.02. The van der Waals surface area contributed by atoms with Crippen molar-refractivity contribution in [2.24, 2.45) is 0 Å². The van der Waals surface area contributed by atoms with E-state index in [1.54, 1.807) is 0 Å². The van der Waals surface area contributed by atoms with Gasteiger partial charge in [0.05, 0.1) is 6.42 Å². The number of hydrogen-bond donors (Lipinski definition) is 4. The molecule has 8 nitrogen and oxygen atoms in total. The van der Waals surface area contributed by atoms with Crippen LogP contribution in [0.4, 0.5) is 4.79 Å². The zero-order chi connectivity index (χ0) is 15.5. The molecule has 20 heavy (non-hydrogen) atoms. The molecular formula is C12H20N2O6. The molecule has 0 aliphatic rings. The van der Waals surface area contributed by atoms with Crippen molar-refractivity contribution in [3.8, 4) is 0 Å². The number of carboxylic acids is 1. The van der Waals surface area contributed by atoms with Crippen molar-refractivity contribution in [2.75, 3.05) is 6.54 Å². The van der Waals surface area contributed by atoms with Gasteiger partial charge in [-0.2, -0.15) is 0 Å². The number of Topliss-reactive ketones (excluding diaryl/α,β-unsaturated/α-hetero) is 1. The predicted octanol–water partition coefficient (Wildman–Crippen LogP) is 0.363. The van der Waals surface area contributed by atoms with Crippen LogP contribution < -0.4 is 10.6 Å². The van der Waals surface area contributed by atoms with Gasteiger partial charge >= 0.3 is 12.1 Å². The number of carbonyl (C=O) groups excluding carboxylic acids is 2. The van der Waals surface area contributed by atoms with Gasteiger partial charge < -0.3 is 20.8 Å². The monoisotopic (exact) mass is 288 g/mol. The molecule has 2 amide bonds. The molecule has 0 spiro atoms. The Morgan fingerprint density at radius 3 is 2.25 bits per heavy atom. The third kappa shape index (κ3) is 8.90. The van der Waals surface area contributed by atoms with Crippen molar-refractivity contribution in [1.29, 1.82) is 0 Å².